The zero-order chi connectivity index (χ0) is 21.2. The summed E-state index contributed by atoms with van der Waals surface area (Å²) in [6, 6.07) is 16.3. The van der Waals surface area contributed by atoms with Crippen molar-refractivity contribution in [1.29, 1.82) is 0 Å². The molecule has 3 amide bonds. The highest BCUT2D eigenvalue weighted by atomic mass is 16.5. The first-order chi connectivity index (χ1) is 15.2. The normalized spacial score (nSPS) is 21.2. The molecule has 0 aromatic heterocycles. The van der Waals surface area contributed by atoms with Crippen LogP contribution in [0.2, 0.25) is 0 Å². The van der Waals surface area contributed by atoms with E-state index < -0.39 is 0 Å². The Kier molecular flexibility index (Phi) is 5.64. The summed E-state index contributed by atoms with van der Waals surface area (Å²) in [5, 5.41) is 3.02. The van der Waals surface area contributed by atoms with Gasteiger partial charge in [-0.15, -0.1) is 0 Å². The van der Waals surface area contributed by atoms with Gasteiger partial charge in [0, 0.05) is 38.5 Å². The second kappa shape index (κ2) is 8.71. The molecule has 3 heterocycles. The predicted octanol–water partition coefficient (Wildman–Crippen LogP) is 3.98. The minimum atomic E-state index is -0.0633. The van der Waals surface area contributed by atoms with Gasteiger partial charge in [-0.25, -0.2) is 4.79 Å². The lowest BCUT2D eigenvalue weighted by molar-refractivity contribution is -0.136. The summed E-state index contributed by atoms with van der Waals surface area (Å²) < 4.78 is 5.37. The summed E-state index contributed by atoms with van der Waals surface area (Å²) in [4.78, 5) is 29.1. The number of benzene rings is 2. The number of anilines is 1. The fourth-order valence-corrected chi connectivity index (χ4v) is 4.94. The van der Waals surface area contributed by atoms with Crippen LogP contribution in [-0.2, 0) is 22.6 Å². The highest BCUT2D eigenvalue weighted by Crippen LogP contribution is 2.30. The molecule has 0 aliphatic carbocycles. The number of fused-ring (bicyclic) bond motifs is 1. The van der Waals surface area contributed by atoms with Crippen molar-refractivity contribution < 1.29 is 14.3 Å². The van der Waals surface area contributed by atoms with Crippen LogP contribution in [0.1, 0.15) is 41.9 Å². The Morgan fingerprint density at radius 3 is 2.16 bits per heavy atom. The van der Waals surface area contributed by atoms with Crippen LogP contribution in [0.25, 0.3) is 0 Å². The molecule has 2 aromatic carbocycles. The maximum absolute atomic E-state index is 12.6. The number of nitrogens with zero attached hydrogens (tertiary/aromatic N) is 2. The smallest absolute Gasteiger partial charge is 0.322 e. The number of amides is 3. The van der Waals surface area contributed by atoms with Crippen molar-refractivity contribution in [1.82, 2.24) is 9.80 Å². The van der Waals surface area contributed by atoms with E-state index in [4.69, 9.17) is 4.74 Å². The summed E-state index contributed by atoms with van der Waals surface area (Å²) in [6.45, 7) is 4.23. The molecule has 2 aromatic rings. The molecule has 0 spiro atoms. The molecule has 0 radical (unpaired) electrons. The minimum Gasteiger partial charge on any atom is -0.381 e. The zero-order valence-electron chi connectivity index (χ0n) is 17.8. The fourth-order valence-electron chi connectivity index (χ4n) is 4.94. The van der Waals surface area contributed by atoms with Crippen LogP contribution in [0, 0.1) is 5.92 Å². The average molecular weight is 420 g/mol. The first kappa shape index (κ1) is 20.1. The van der Waals surface area contributed by atoms with Crippen molar-refractivity contribution in [3.63, 3.8) is 0 Å². The van der Waals surface area contributed by atoms with Crippen molar-refractivity contribution in [2.75, 3.05) is 31.6 Å². The van der Waals surface area contributed by atoms with Crippen molar-refractivity contribution >= 4 is 17.6 Å². The van der Waals surface area contributed by atoms with Gasteiger partial charge >= 0.3 is 6.03 Å². The van der Waals surface area contributed by atoms with Gasteiger partial charge in [0.25, 0.3) is 0 Å². The number of urea groups is 1. The van der Waals surface area contributed by atoms with Crippen LogP contribution in [0.5, 0.6) is 0 Å². The average Bonchev–Trinajstić information content (AvgIpc) is 3.49. The molecule has 5 rings (SSSR count). The monoisotopic (exact) mass is 419 g/mol. The van der Waals surface area contributed by atoms with Gasteiger partial charge in [0.15, 0.2) is 0 Å². The molecule has 0 saturated carbocycles. The third kappa shape index (κ3) is 4.30. The maximum atomic E-state index is 12.6. The molecule has 6 nitrogen and oxygen atoms in total. The largest absolute Gasteiger partial charge is 0.381 e. The number of ether oxygens (including phenoxy) is 1. The number of nitrogens with one attached hydrogen (secondary N) is 1. The van der Waals surface area contributed by atoms with E-state index in [-0.39, 0.29) is 17.9 Å². The van der Waals surface area contributed by atoms with E-state index in [1.807, 2.05) is 34.1 Å². The second-order valence-electron chi connectivity index (χ2n) is 8.84. The van der Waals surface area contributed by atoms with Gasteiger partial charge in [-0.1, -0.05) is 36.4 Å². The number of carbonyl (C=O) groups excluding carboxylic acids is 2. The first-order valence-corrected chi connectivity index (χ1v) is 11.3. The Balaban J connectivity index is 1.13. The molecule has 31 heavy (non-hydrogen) atoms. The van der Waals surface area contributed by atoms with E-state index in [0.29, 0.717) is 32.2 Å². The predicted molar refractivity (Wildman–Crippen MR) is 119 cm³/mol. The number of rotatable bonds is 3. The minimum absolute atomic E-state index is 0.0582. The van der Waals surface area contributed by atoms with Crippen LogP contribution in [0.3, 0.4) is 0 Å². The standard InChI is InChI=1S/C25H29N3O3/c29-24(22-11-14-31-17-22)27-12-9-19(10-13-27)18-5-7-23(8-6-18)26-25(30)28-15-20-3-1-2-4-21(20)16-28/h1-8,19,22H,9-17H2,(H,26,30). The van der Waals surface area contributed by atoms with E-state index in [1.54, 1.807) is 0 Å². The van der Waals surface area contributed by atoms with Crippen molar-refractivity contribution in [2.45, 2.75) is 38.3 Å². The highest BCUT2D eigenvalue weighted by molar-refractivity contribution is 5.89. The zero-order valence-corrected chi connectivity index (χ0v) is 17.8. The van der Waals surface area contributed by atoms with Crippen molar-refractivity contribution in [2.24, 2.45) is 5.92 Å². The van der Waals surface area contributed by atoms with Crippen LogP contribution < -0.4 is 5.32 Å². The molecule has 2 saturated heterocycles. The molecular weight excluding hydrogens is 390 g/mol. The molecule has 6 heteroatoms. The third-order valence-electron chi connectivity index (χ3n) is 6.85. The Labute approximate surface area is 183 Å². The molecular formula is C25H29N3O3. The lowest BCUT2D eigenvalue weighted by atomic mass is 9.89. The molecule has 3 aliphatic heterocycles. The summed E-state index contributed by atoms with van der Waals surface area (Å²) in [5.41, 5.74) is 4.54. The van der Waals surface area contributed by atoms with E-state index in [0.717, 1.165) is 38.0 Å². The highest BCUT2D eigenvalue weighted by Gasteiger charge is 2.31. The van der Waals surface area contributed by atoms with Crippen molar-refractivity contribution in [3.8, 4) is 0 Å². The molecule has 2 fully saturated rings. The molecule has 1 atom stereocenters. The van der Waals surface area contributed by atoms with Crippen LogP contribution >= 0.6 is 0 Å². The van der Waals surface area contributed by atoms with Crippen LogP contribution in [0.15, 0.2) is 48.5 Å². The Morgan fingerprint density at radius 2 is 1.55 bits per heavy atom. The van der Waals surface area contributed by atoms with Gasteiger partial charge in [-0.05, 0) is 54.0 Å². The third-order valence-corrected chi connectivity index (χ3v) is 6.85. The van der Waals surface area contributed by atoms with Gasteiger partial charge < -0.3 is 19.9 Å². The maximum Gasteiger partial charge on any atom is 0.322 e. The molecule has 3 aliphatic rings. The summed E-state index contributed by atoms with van der Waals surface area (Å²) >= 11 is 0. The SMILES string of the molecule is O=C(Nc1ccc(C2CCN(C(=O)C3CCOC3)CC2)cc1)N1Cc2ccccc2C1. The Morgan fingerprint density at radius 1 is 0.871 bits per heavy atom. The van der Waals surface area contributed by atoms with E-state index in [9.17, 15) is 9.59 Å². The number of likely N-dealkylation sites (tertiary alicyclic amines) is 1. The molecule has 1 N–H and O–H groups in total. The number of hydrogen-bond acceptors (Lipinski definition) is 3. The molecule has 162 valence electrons. The second-order valence-corrected chi connectivity index (χ2v) is 8.84. The number of carbonyl (C=O) groups is 2. The van der Waals surface area contributed by atoms with Crippen LogP contribution in [-0.4, -0.2) is 48.0 Å². The van der Waals surface area contributed by atoms with Gasteiger partial charge in [0.05, 0.1) is 12.5 Å². The lowest BCUT2D eigenvalue weighted by Gasteiger charge is -2.33. The lowest BCUT2D eigenvalue weighted by Crippen LogP contribution is -2.41. The van der Waals surface area contributed by atoms with Gasteiger partial charge in [0.1, 0.15) is 0 Å². The van der Waals surface area contributed by atoms with Gasteiger partial charge in [-0.2, -0.15) is 0 Å². The Bertz CT molecular complexity index is 920. The molecule has 1 unspecified atom stereocenters. The van der Waals surface area contributed by atoms with E-state index in [2.05, 4.69) is 29.6 Å². The number of piperidine rings is 1. The Hall–Kier alpha value is -2.86. The topological polar surface area (TPSA) is 61.9 Å². The summed E-state index contributed by atoms with van der Waals surface area (Å²) in [5.74, 6) is 0.780. The van der Waals surface area contributed by atoms with Gasteiger partial charge in [-0.3, -0.25) is 4.79 Å². The summed E-state index contributed by atoms with van der Waals surface area (Å²) in [6.07, 6.45) is 2.82. The quantitative estimate of drug-likeness (QED) is 0.819. The van der Waals surface area contributed by atoms with E-state index in [1.165, 1.54) is 16.7 Å². The fraction of sp³-hybridized carbons (Fsp3) is 0.440. The number of hydrogen-bond donors (Lipinski definition) is 1. The van der Waals surface area contributed by atoms with Crippen LogP contribution in [0.4, 0.5) is 10.5 Å². The van der Waals surface area contributed by atoms with E-state index >= 15 is 0 Å². The summed E-state index contributed by atoms with van der Waals surface area (Å²) in [7, 11) is 0. The van der Waals surface area contributed by atoms with Crippen molar-refractivity contribution in [3.05, 3.63) is 65.2 Å². The first-order valence-electron chi connectivity index (χ1n) is 11.3. The van der Waals surface area contributed by atoms with Gasteiger partial charge in [0.2, 0.25) is 5.91 Å². The molecule has 0 bridgehead atoms.